The van der Waals surface area contributed by atoms with Crippen molar-refractivity contribution < 1.29 is 23.8 Å². The van der Waals surface area contributed by atoms with Crippen molar-refractivity contribution in [3.63, 3.8) is 0 Å². The number of esters is 2. The fraction of sp³-hybridized carbons (Fsp3) is 0.600. The van der Waals surface area contributed by atoms with Crippen LogP contribution in [0.3, 0.4) is 0 Å². The SMILES string of the molecule is COCCOC(=O)C1=CC(C(=O)OC(C)C)(n2cccc2)C(C)CC1C. The molecule has 0 radical (unpaired) electrons. The molecule has 1 aromatic heterocycles. The summed E-state index contributed by atoms with van der Waals surface area (Å²) in [6, 6.07) is 3.72. The monoisotopic (exact) mass is 363 g/mol. The van der Waals surface area contributed by atoms with Crippen LogP contribution in [0.2, 0.25) is 0 Å². The van der Waals surface area contributed by atoms with Gasteiger partial charge in [0.05, 0.1) is 12.7 Å². The van der Waals surface area contributed by atoms with Gasteiger partial charge in [-0.1, -0.05) is 13.8 Å². The van der Waals surface area contributed by atoms with Crippen molar-refractivity contribution in [3.05, 3.63) is 36.2 Å². The molecule has 3 atom stereocenters. The molecule has 3 unspecified atom stereocenters. The van der Waals surface area contributed by atoms with Crippen LogP contribution in [0.5, 0.6) is 0 Å². The van der Waals surface area contributed by atoms with Gasteiger partial charge in [0.2, 0.25) is 0 Å². The standard InChI is InChI=1S/C20H29NO5/c1-14(2)26-19(23)20(21-8-6-7-9-21)13-17(15(3)12-16(20)4)18(22)25-11-10-24-5/h6-9,13-16H,10-12H2,1-5H3. The van der Waals surface area contributed by atoms with Crippen LogP contribution in [0.1, 0.15) is 34.1 Å². The van der Waals surface area contributed by atoms with E-state index >= 15 is 0 Å². The van der Waals surface area contributed by atoms with E-state index in [9.17, 15) is 9.59 Å². The van der Waals surface area contributed by atoms with Crippen molar-refractivity contribution in [2.75, 3.05) is 20.3 Å². The molecule has 6 heteroatoms. The minimum Gasteiger partial charge on any atom is -0.461 e. The van der Waals surface area contributed by atoms with Crippen molar-refractivity contribution in [2.24, 2.45) is 11.8 Å². The molecule has 0 spiro atoms. The molecule has 1 aliphatic carbocycles. The quantitative estimate of drug-likeness (QED) is 0.550. The number of hydrogen-bond acceptors (Lipinski definition) is 5. The zero-order valence-corrected chi connectivity index (χ0v) is 16.2. The summed E-state index contributed by atoms with van der Waals surface area (Å²) in [4.78, 5) is 25.7. The van der Waals surface area contributed by atoms with Gasteiger partial charge in [-0.15, -0.1) is 0 Å². The summed E-state index contributed by atoms with van der Waals surface area (Å²) in [5.41, 5.74) is -0.552. The minimum absolute atomic E-state index is 0.00409. The Morgan fingerprint density at radius 3 is 2.46 bits per heavy atom. The number of aromatic nitrogens is 1. The first-order valence-electron chi connectivity index (χ1n) is 9.06. The largest absolute Gasteiger partial charge is 0.461 e. The molecule has 26 heavy (non-hydrogen) atoms. The van der Waals surface area contributed by atoms with Gasteiger partial charge in [0.1, 0.15) is 6.61 Å². The molecular formula is C20H29NO5. The highest BCUT2D eigenvalue weighted by Gasteiger charge is 2.49. The molecule has 1 aliphatic rings. The normalized spacial score (nSPS) is 25.7. The first kappa shape index (κ1) is 20.2. The number of rotatable bonds is 7. The lowest BCUT2D eigenvalue weighted by Gasteiger charge is -2.41. The molecule has 1 aromatic rings. The maximum absolute atomic E-state index is 13.1. The van der Waals surface area contributed by atoms with Crippen LogP contribution >= 0.6 is 0 Å². The Labute approximate surface area is 155 Å². The van der Waals surface area contributed by atoms with E-state index < -0.39 is 11.5 Å². The number of methoxy groups -OCH3 is 1. The highest BCUT2D eigenvalue weighted by atomic mass is 16.6. The first-order valence-corrected chi connectivity index (χ1v) is 9.06. The Bertz CT molecular complexity index is 649. The Hall–Kier alpha value is -2.08. The summed E-state index contributed by atoms with van der Waals surface area (Å²) in [5, 5.41) is 0. The predicted molar refractivity (Wildman–Crippen MR) is 97.5 cm³/mol. The van der Waals surface area contributed by atoms with E-state index in [1.165, 1.54) is 0 Å². The first-order chi connectivity index (χ1) is 12.3. The van der Waals surface area contributed by atoms with Crippen molar-refractivity contribution in [2.45, 2.75) is 45.8 Å². The lowest BCUT2D eigenvalue weighted by Crippen LogP contribution is -2.50. The molecule has 0 aromatic carbocycles. The molecule has 0 saturated heterocycles. The van der Waals surface area contributed by atoms with E-state index in [2.05, 4.69) is 0 Å². The van der Waals surface area contributed by atoms with Gasteiger partial charge in [-0.3, -0.25) is 0 Å². The van der Waals surface area contributed by atoms with Crippen molar-refractivity contribution in [3.8, 4) is 0 Å². The van der Waals surface area contributed by atoms with Gasteiger partial charge in [-0.25, -0.2) is 9.59 Å². The second-order valence-corrected chi connectivity index (χ2v) is 7.14. The fourth-order valence-corrected chi connectivity index (χ4v) is 3.50. The summed E-state index contributed by atoms with van der Waals surface area (Å²) in [7, 11) is 1.55. The van der Waals surface area contributed by atoms with E-state index in [0.717, 1.165) is 0 Å². The Balaban J connectivity index is 2.47. The molecule has 1 heterocycles. The van der Waals surface area contributed by atoms with Crippen LogP contribution in [0.4, 0.5) is 0 Å². The van der Waals surface area contributed by atoms with E-state index in [0.29, 0.717) is 18.6 Å². The minimum atomic E-state index is -1.06. The van der Waals surface area contributed by atoms with Gasteiger partial charge in [0.15, 0.2) is 5.54 Å². The number of hydrogen-bond donors (Lipinski definition) is 0. The molecule has 144 valence electrons. The van der Waals surface area contributed by atoms with E-state index in [1.54, 1.807) is 13.2 Å². The van der Waals surface area contributed by atoms with Gasteiger partial charge in [-0.05, 0) is 50.3 Å². The van der Waals surface area contributed by atoms with Crippen LogP contribution in [0, 0.1) is 11.8 Å². The Morgan fingerprint density at radius 1 is 1.23 bits per heavy atom. The topological polar surface area (TPSA) is 66.8 Å². The zero-order valence-electron chi connectivity index (χ0n) is 16.2. The molecule has 2 rings (SSSR count). The molecule has 0 aliphatic heterocycles. The average molecular weight is 363 g/mol. The average Bonchev–Trinajstić information content (AvgIpc) is 3.09. The second-order valence-electron chi connectivity index (χ2n) is 7.14. The summed E-state index contributed by atoms with van der Waals surface area (Å²) in [5.74, 6) is -0.803. The number of ether oxygens (including phenoxy) is 3. The lowest BCUT2D eigenvalue weighted by molar-refractivity contribution is -0.159. The third-order valence-electron chi connectivity index (χ3n) is 4.82. The van der Waals surface area contributed by atoms with Crippen LogP contribution in [0.15, 0.2) is 36.2 Å². The number of carbonyl (C=O) groups excluding carboxylic acids is 2. The summed E-state index contributed by atoms with van der Waals surface area (Å²) >= 11 is 0. The highest BCUT2D eigenvalue weighted by molar-refractivity contribution is 5.92. The second kappa shape index (κ2) is 8.54. The molecule has 0 saturated carbocycles. The van der Waals surface area contributed by atoms with Gasteiger partial charge < -0.3 is 18.8 Å². The van der Waals surface area contributed by atoms with Gasteiger partial charge in [-0.2, -0.15) is 0 Å². The molecule has 0 fully saturated rings. The van der Waals surface area contributed by atoms with Crippen LogP contribution in [-0.2, 0) is 29.3 Å². The molecular weight excluding hydrogens is 334 g/mol. The van der Waals surface area contributed by atoms with Crippen LogP contribution in [0.25, 0.3) is 0 Å². The van der Waals surface area contributed by atoms with Gasteiger partial charge >= 0.3 is 11.9 Å². The molecule has 0 amide bonds. The van der Waals surface area contributed by atoms with E-state index in [4.69, 9.17) is 14.2 Å². The van der Waals surface area contributed by atoms with Crippen molar-refractivity contribution in [1.82, 2.24) is 4.57 Å². The molecule has 0 bridgehead atoms. The summed E-state index contributed by atoms with van der Waals surface area (Å²) in [6.45, 7) is 8.15. The molecule has 6 nitrogen and oxygen atoms in total. The maximum atomic E-state index is 13.1. The van der Waals surface area contributed by atoms with E-state index in [1.807, 2.05) is 56.8 Å². The van der Waals surface area contributed by atoms with Gasteiger partial charge in [0.25, 0.3) is 0 Å². The number of carbonyl (C=O) groups is 2. The molecule has 0 N–H and O–H groups in total. The van der Waals surface area contributed by atoms with Gasteiger partial charge in [0, 0.05) is 25.1 Å². The lowest BCUT2D eigenvalue weighted by atomic mass is 9.71. The smallest absolute Gasteiger partial charge is 0.336 e. The summed E-state index contributed by atoms with van der Waals surface area (Å²) in [6.07, 6.45) is 5.84. The van der Waals surface area contributed by atoms with Crippen molar-refractivity contribution >= 4 is 11.9 Å². The Kier molecular flexibility index (Phi) is 6.64. The zero-order chi connectivity index (χ0) is 19.3. The number of nitrogens with zero attached hydrogens (tertiary/aromatic N) is 1. The Morgan fingerprint density at radius 2 is 1.88 bits per heavy atom. The maximum Gasteiger partial charge on any atom is 0.336 e. The highest BCUT2D eigenvalue weighted by Crippen LogP contribution is 2.42. The third-order valence-corrected chi connectivity index (χ3v) is 4.82. The van der Waals surface area contributed by atoms with E-state index in [-0.39, 0.29) is 30.5 Å². The fourth-order valence-electron chi connectivity index (χ4n) is 3.50. The third kappa shape index (κ3) is 4.01. The van der Waals surface area contributed by atoms with Crippen molar-refractivity contribution in [1.29, 1.82) is 0 Å². The van der Waals surface area contributed by atoms with Crippen LogP contribution < -0.4 is 0 Å². The predicted octanol–water partition coefficient (Wildman–Crippen LogP) is 2.93. The van der Waals surface area contributed by atoms with Crippen LogP contribution in [-0.4, -0.2) is 42.9 Å². The summed E-state index contributed by atoms with van der Waals surface area (Å²) < 4.78 is 17.6.